The lowest BCUT2D eigenvalue weighted by Gasteiger charge is -1.99. The number of fused-ring (bicyclic) bond motifs is 1. The maximum absolute atomic E-state index is 13.1. The molecule has 6 rings (SSSR count). The summed E-state index contributed by atoms with van der Waals surface area (Å²) in [7, 11) is 0. The van der Waals surface area contributed by atoms with E-state index in [1.54, 1.807) is 23.7 Å². The van der Waals surface area contributed by atoms with E-state index in [0.29, 0.717) is 15.3 Å². The molecule has 0 unspecified atom stereocenters. The third-order valence-electron chi connectivity index (χ3n) is 4.92. The number of hydrogen-bond donors (Lipinski definition) is 0. The van der Waals surface area contributed by atoms with Crippen LogP contribution in [0.5, 0.6) is 0 Å². The van der Waals surface area contributed by atoms with Crippen LogP contribution < -0.4 is 10.1 Å². The van der Waals surface area contributed by atoms with Crippen molar-refractivity contribution in [2.75, 3.05) is 0 Å². The number of benzene rings is 1. The molecule has 0 fully saturated rings. The number of thiazole rings is 1. The smallest absolute Gasteiger partial charge is 0.266 e. The molecule has 5 aromatic heterocycles. The first kappa shape index (κ1) is 18.8. The molecule has 154 valence electrons. The summed E-state index contributed by atoms with van der Waals surface area (Å²) in [5.41, 5.74) is 3.29. The van der Waals surface area contributed by atoms with Gasteiger partial charge in [-0.2, -0.15) is 14.6 Å². The van der Waals surface area contributed by atoms with Gasteiger partial charge in [-0.15, -0.1) is 16.4 Å². The monoisotopic (exact) mass is 454 g/mol. The molecule has 0 N–H and O–H groups in total. The second kappa shape index (κ2) is 7.63. The van der Waals surface area contributed by atoms with Crippen molar-refractivity contribution in [2.24, 2.45) is 0 Å². The Labute approximate surface area is 189 Å². The van der Waals surface area contributed by atoms with Crippen molar-refractivity contribution in [3.05, 3.63) is 99.0 Å². The van der Waals surface area contributed by atoms with Gasteiger partial charge < -0.3 is 0 Å². The van der Waals surface area contributed by atoms with Crippen molar-refractivity contribution in [3.63, 3.8) is 0 Å². The van der Waals surface area contributed by atoms with Crippen molar-refractivity contribution in [1.29, 1.82) is 0 Å². The zero-order valence-corrected chi connectivity index (χ0v) is 18.1. The highest BCUT2D eigenvalue weighted by Gasteiger charge is 2.15. The van der Waals surface area contributed by atoms with Gasteiger partial charge in [0.1, 0.15) is 5.69 Å². The van der Waals surface area contributed by atoms with Crippen molar-refractivity contribution in [2.45, 2.75) is 0 Å². The summed E-state index contributed by atoms with van der Waals surface area (Å²) in [6.45, 7) is 0. The Bertz CT molecular complexity index is 1630. The van der Waals surface area contributed by atoms with Crippen LogP contribution in [0.3, 0.4) is 0 Å². The van der Waals surface area contributed by atoms with Crippen molar-refractivity contribution >= 4 is 33.7 Å². The van der Waals surface area contributed by atoms with E-state index in [1.807, 2.05) is 76.9 Å². The molecule has 0 aliphatic carbocycles. The molecule has 7 nitrogen and oxygen atoms in total. The van der Waals surface area contributed by atoms with Crippen LogP contribution in [0.25, 0.3) is 38.7 Å². The van der Waals surface area contributed by atoms with Gasteiger partial charge in [-0.05, 0) is 41.8 Å². The van der Waals surface area contributed by atoms with E-state index in [-0.39, 0.29) is 5.56 Å². The highest BCUT2D eigenvalue weighted by Crippen LogP contribution is 2.28. The Morgan fingerprint density at radius 2 is 1.78 bits per heavy atom. The highest BCUT2D eigenvalue weighted by atomic mass is 32.1. The Balaban J connectivity index is 1.49. The molecule has 0 amide bonds. The molecule has 6 aromatic rings. The first-order chi connectivity index (χ1) is 15.8. The number of para-hydroxylation sites is 1. The minimum absolute atomic E-state index is 0.192. The van der Waals surface area contributed by atoms with Crippen LogP contribution in [0.2, 0.25) is 0 Å². The van der Waals surface area contributed by atoms with Crippen LogP contribution in [0, 0.1) is 0 Å². The van der Waals surface area contributed by atoms with Crippen molar-refractivity contribution < 1.29 is 0 Å². The Morgan fingerprint density at radius 1 is 0.938 bits per heavy atom. The lowest BCUT2D eigenvalue weighted by molar-refractivity contribution is 0.885. The molecule has 0 aliphatic heterocycles. The summed E-state index contributed by atoms with van der Waals surface area (Å²) in [5, 5.41) is 11.2. The lowest BCUT2D eigenvalue weighted by atomic mass is 10.2. The second-order valence-corrected chi connectivity index (χ2v) is 8.93. The summed E-state index contributed by atoms with van der Waals surface area (Å²) in [4.78, 5) is 23.2. The number of rotatable bonds is 4. The molecule has 9 heteroatoms. The SMILES string of the molecule is O=c1/c(=C/c2cn(-c3ccccc3)nc2-c2cccs2)sc2nc(-c3ccncc3)nn12. The Morgan fingerprint density at radius 3 is 2.53 bits per heavy atom. The predicted octanol–water partition coefficient (Wildman–Crippen LogP) is 3.67. The summed E-state index contributed by atoms with van der Waals surface area (Å²) in [6, 6.07) is 17.6. The van der Waals surface area contributed by atoms with Gasteiger partial charge in [0.05, 0.1) is 15.1 Å². The Hall–Kier alpha value is -3.95. The van der Waals surface area contributed by atoms with Gasteiger partial charge in [0, 0.05) is 29.7 Å². The number of nitrogens with zero attached hydrogens (tertiary/aromatic N) is 6. The molecule has 1 aromatic carbocycles. The maximum Gasteiger partial charge on any atom is 0.291 e. The fraction of sp³-hybridized carbons (Fsp3) is 0. The fourth-order valence-electron chi connectivity index (χ4n) is 3.41. The van der Waals surface area contributed by atoms with E-state index in [0.717, 1.165) is 27.4 Å². The van der Waals surface area contributed by atoms with E-state index in [1.165, 1.54) is 15.9 Å². The van der Waals surface area contributed by atoms with Crippen LogP contribution >= 0.6 is 22.7 Å². The van der Waals surface area contributed by atoms with E-state index < -0.39 is 0 Å². The summed E-state index contributed by atoms with van der Waals surface area (Å²) in [5.74, 6) is 0.512. The summed E-state index contributed by atoms with van der Waals surface area (Å²) in [6.07, 6.45) is 7.18. The van der Waals surface area contributed by atoms with Crippen molar-refractivity contribution in [1.82, 2.24) is 29.4 Å². The maximum atomic E-state index is 13.1. The van der Waals surface area contributed by atoms with Gasteiger partial charge >= 0.3 is 0 Å². The van der Waals surface area contributed by atoms with Gasteiger partial charge in [0.25, 0.3) is 5.56 Å². The summed E-state index contributed by atoms with van der Waals surface area (Å²) >= 11 is 2.93. The van der Waals surface area contributed by atoms with Gasteiger partial charge in [0.2, 0.25) is 4.96 Å². The van der Waals surface area contributed by atoms with Gasteiger partial charge in [-0.3, -0.25) is 9.78 Å². The van der Waals surface area contributed by atoms with E-state index >= 15 is 0 Å². The molecule has 0 atom stereocenters. The molecule has 0 bridgehead atoms. The van der Waals surface area contributed by atoms with Crippen LogP contribution in [0.1, 0.15) is 5.56 Å². The zero-order valence-electron chi connectivity index (χ0n) is 16.5. The predicted molar refractivity (Wildman–Crippen MR) is 126 cm³/mol. The van der Waals surface area contributed by atoms with Gasteiger partial charge in [0.15, 0.2) is 5.82 Å². The molecule has 0 saturated heterocycles. The van der Waals surface area contributed by atoms with Gasteiger partial charge in [-0.25, -0.2) is 4.68 Å². The van der Waals surface area contributed by atoms with Crippen LogP contribution in [-0.4, -0.2) is 29.4 Å². The largest absolute Gasteiger partial charge is 0.291 e. The molecule has 32 heavy (non-hydrogen) atoms. The van der Waals surface area contributed by atoms with Crippen LogP contribution in [0.15, 0.2) is 83.4 Å². The molecule has 0 spiro atoms. The number of hydrogen-bond acceptors (Lipinski definition) is 7. The number of thiophene rings is 1. The average molecular weight is 455 g/mol. The highest BCUT2D eigenvalue weighted by molar-refractivity contribution is 7.15. The molecule has 0 radical (unpaired) electrons. The van der Waals surface area contributed by atoms with Crippen LogP contribution in [-0.2, 0) is 0 Å². The topological polar surface area (TPSA) is 78.0 Å². The normalized spacial score (nSPS) is 12.1. The minimum atomic E-state index is -0.192. The standard InChI is InChI=1S/C23H14N6OS2/c30-22-19(32-23-25-21(27-29(22)23)15-8-10-24-11-9-15)13-16-14-28(17-5-2-1-3-6-17)26-20(16)18-7-4-12-31-18/h1-14H/b19-13-. The first-order valence-corrected chi connectivity index (χ1v) is 11.5. The number of pyridine rings is 1. The molecule has 5 heterocycles. The third-order valence-corrected chi connectivity index (χ3v) is 6.76. The van der Waals surface area contributed by atoms with E-state index in [9.17, 15) is 4.79 Å². The molecular formula is C23H14N6OS2. The van der Waals surface area contributed by atoms with E-state index in [4.69, 9.17) is 5.10 Å². The number of aromatic nitrogens is 6. The summed E-state index contributed by atoms with van der Waals surface area (Å²) < 4.78 is 3.76. The van der Waals surface area contributed by atoms with Crippen LogP contribution in [0.4, 0.5) is 0 Å². The second-order valence-electron chi connectivity index (χ2n) is 6.97. The first-order valence-electron chi connectivity index (χ1n) is 9.77. The van der Waals surface area contributed by atoms with E-state index in [2.05, 4.69) is 15.1 Å². The van der Waals surface area contributed by atoms with Gasteiger partial charge in [-0.1, -0.05) is 35.6 Å². The fourth-order valence-corrected chi connectivity index (χ4v) is 5.04. The molecular weight excluding hydrogens is 440 g/mol. The molecule has 0 aliphatic rings. The Kier molecular flexibility index (Phi) is 4.48. The third kappa shape index (κ3) is 3.24. The minimum Gasteiger partial charge on any atom is -0.266 e. The quantitative estimate of drug-likeness (QED) is 0.406. The van der Waals surface area contributed by atoms with Crippen molar-refractivity contribution in [3.8, 4) is 27.6 Å². The molecule has 0 saturated carbocycles. The lowest BCUT2D eigenvalue weighted by Crippen LogP contribution is -2.23. The average Bonchev–Trinajstić information content (AvgIpc) is 3.62. The zero-order chi connectivity index (χ0) is 21.5.